The van der Waals surface area contributed by atoms with Crippen molar-refractivity contribution in [2.24, 2.45) is 0 Å². The lowest BCUT2D eigenvalue weighted by molar-refractivity contribution is 0.142. The first-order valence-electron chi connectivity index (χ1n) is 5.46. The van der Waals surface area contributed by atoms with Crippen molar-refractivity contribution in [3.05, 3.63) is 36.1 Å². The first-order chi connectivity index (χ1) is 7.81. The smallest absolute Gasteiger partial charge is 0.134 e. The van der Waals surface area contributed by atoms with Crippen molar-refractivity contribution in [2.75, 3.05) is 12.0 Å². The minimum Gasteiger partial charge on any atom is -0.458 e. The third-order valence-corrected chi connectivity index (χ3v) is 3.30. The van der Waals surface area contributed by atoms with E-state index in [9.17, 15) is 5.11 Å². The number of para-hydroxylation sites is 1. The van der Waals surface area contributed by atoms with Crippen LogP contribution in [0, 0.1) is 0 Å². The van der Waals surface area contributed by atoms with Gasteiger partial charge in [0.15, 0.2) is 0 Å². The fraction of sp³-hybridized carbons (Fsp3) is 0.385. The van der Waals surface area contributed by atoms with E-state index in [1.165, 1.54) is 0 Å². The molecular weight excluding hydrogens is 220 g/mol. The van der Waals surface area contributed by atoms with Gasteiger partial charge in [-0.2, -0.15) is 11.8 Å². The van der Waals surface area contributed by atoms with Crippen LogP contribution in [0.5, 0.6) is 0 Å². The van der Waals surface area contributed by atoms with Gasteiger partial charge in [0.25, 0.3) is 0 Å². The molecule has 0 saturated carbocycles. The third kappa shape index (κ3) is 2.60. The van der Waals surface area contributed by atoms with E-state index in [1.54, 1.807) is 11.8 Å². The average Bonchev–Trinajstić information content (AvgIpc) is 2.73. The molecule has 0 radical (unpaired) electrons. The molecule has 0 saturated heterocycles. The van der Waals surface area contributed by atoms with Gasteiger partial charge in [0.2, 0.25) is 0 Å². The summed E-state index contributed by atoms with van der Waals surface area (Å²) in [4.78, 5) is 0. The highest BCUT2D eigenvalue weighted by Gasteiger charge is 2.12. The Labute approximate surface area is 99.6 Å². The molecule has 0 aliphatic rings. The van der Waals surface area contributed by atoms with Crippen molar-refractivity contribution < 1.29 is 9.52 Å². The van der Waals surface area contributed by atoms with Crippen LogP contribution in [0.4, 0.5) is 0 Å². The first-order valence-corrected chi connectivity index (χ1v) is 6.86. The Balaban J connectivity index is 2.07. The zero-order chi connectivity index (χ0) is 11.4. The van der Waals surface area contributed by atoms with Crippen LogP contribution in [0.15, 0.2) is 34.7 Å². The SMILES string of the molecule is CSCCCC(O)c1cc2ccccc2o1. The molecule has 86 valence electrons. The topological polar surface area (TPSA) is 33.4 Å². The fourth-order valence-electron chi connectivity index (χ4n) is 1.73. The minimum absolute atomic E-state index is 0.473. The Bertz CT molecular complexity index is 417. The molecule has 2 rings (SSSR count). The summed E-state index contributed by atoms with van der Waals surface area (Å²) in [7, 11) is 0. The summed E-state index contributed by atoms with van der Waals surface area (Å²) in [5.74, 6) is 1.76. The first kappa shape index (κ1) is 11.6. The predicted octanol–water partition coefficient (Wildman–Crippen LogP) is 3.61. The van der Waals surface area contributed by atoms with Crippen LogP contribution in [0.1, 0.15) is 24.7 Å². The number of aliphatic hydroxyl groups is 1. The minimum atomic E-state index is -0.473. The Morgan fingerprint density at radius 2 is 2.19 bits per heavy atom. The van der Waals surface area contributed by atoms with Gasteiger partial charge in [0.05, 0.1) is 0 Å². The molecule has 2 nitrogen and oxygen atoms in total. The monoisotopic (exact) mass is 236 g/mol. The van der Waals surface area contributed by atoms with Gasteiger partial charge < -0.3 is 9.52 Å². The van der Waals surface area contributed by atoms with Gasteiger partial charge in [-0.05, 0) is 37.0 Å². The Kier molecular flexibility index (Phi) is 3.91. The molecule has 1 heterocycles. The third-order valence-electron chi connectivity index (χ3n) is 2.60. The van der Waals surface area contributed by atoms with E-state index in [4.69, 9.17) is 4.42 Å². The van der Waals surface area contributed by atoms with Crippen molar-refractivity contribution in [3.8, 4) is 0 Å². The van der Waals surface area contributed by atoms with Crippen molar-refractivity contribution in [2.45, 2.75) is 18.9 Å². The lowest BCUT2D eigenvalue weighted by atomic mass is 10.1. The van der Waals surface area contributed by atoms with Crippen molar-refractivity contribution in [3.63, 3.8) is 0 Å². The number of furan rings is 1. The van der Waals surface area contributed by atoms with E-state index in [0.717, 1.165) is 29.6 Å². The van der Waals surface area contributed by atoms with Crippen LogP contribution in [0.25, 0.3) is 11.0 Å². The van der Waals surface area contributed by atoms with E-state index < -0.39 is 6.10 Å². The zero-order valence-corrected chi connectivity index (χ0v) is 10.2. The van der Waals surface area contributed by atoms with E-state index >= 15 is 0 Å². The Morgan fingerprint density at radius 3 is 2.94 bits per heavy atom. The average molecular weight is 236 g/mol. The Morgan fingerprint density at radius 1 is 1.38 bits per heavy atom. The van der Waals surface area contributed by atoms with E-state index in [1.807, 2.05) is 30.3 Å². The highest BCUT2D eigenvalue weighted by molar-refractivity contribution is 7.98. The number of hydrogen-bond acceptors (Lipinski definition) is 3. The van der Waals surface area contributed by atoms with Crippen LogP contribution in [-0.4, -0.2) is 17.1 Å². The molecule has 0 aliphatic heterocycles. The van der Waals surface area contributed by atoms with E-state index in [2.05, 4.69) is 6.26 Å². The molecular formula is C13H16O2S. The summed E-state index contributed by atoms with van der Waals surface area (Å²) < 4.78 is 5.60. The second-order valence-electron chi connectivity index (χ2n) is 3.84. The highest BCUT2D eigenvalue weighted by Crippen LogP contribution is 2.26. The number of rotatable bonds is 5. The van der Waals surface area contributed by atoms with Crippen LogP contribution >= 0.6 is 11.8 Å². The summed E-state index contributed by atoms with van der Waals surface area (Å²) in [6.07, 6.45) is 3.38. The summed E-state index contributed by atoms with van der Waals surface area (Å²) >= 11 is 1.80. The standard InChI is InChI=1S/C13H16O2S/c1-16-8-4-6-11(14)13-9-10-5-2-3-7-12(10)15-13/h2-3,5,7,9,11,14H,4,6,8H2,1H3. The lowest BCUT2D eigenvalue weighted by Gasteiger charge is -2.05. The molecule has 1 aromatic heterocycles. The maximum atomic E-state index is 9.95. The maximum absolute atomic E-state index is 9.95. The number of aliphatic hydroxyl groups excluding tert-OH is 1. The lowest BCUT2D eigenvalue weighted by Crippen LogP contribution is -1.95. The largest absolute Gasteiger partial charge is 0.458 e. The number of hydrogen-bond donors (Lipinski definition) is 1. The molecule has 0 aliphatic carbocycles. The molecule has 1 N–H and O–H groups in total. The van der Waals surface area contributed by atoms with Gasteiger partial charge in [0.1, 0.15) is 17.4 Å². The molecule has 1 aromatic carbocycles. The molecule has 0 spiro atoms. The molecule has 16 heavy (non-hydrogen) atoms. The summed E-state index contributed by atoms with van der Waals surface area (Å²) in [5.41, 5.74) is 0.849. The summed E-state index contributed by atoms with van der Waals surface area (Å²) in [5, 5.41) is 11.0. The second kappa shape index (κ2) is 5.41. The molecule has 1 unspecified atom stereocenters. The fourth-order valence-corrected chi connectivity index (χ4v) is 2.19. The van der Waals surface area contributed by atoms with E-state index in [-0.39, 0.29) is 0 Å². The highest BCUT2D eigenvalue weighted by atomic mass is 32.2. The molecule has 0 fully saturated rings. The van der Waals surface area contributed by atoms with Crippen LogP contribution in [-0.2, 0) is 0 Å². The van der Waals surface area contributed by atoms with Crippen LogP contribution in [0.2, 0.25) is 0 Å². The van der Waals surface area contributed by atoms with Gasteiger partial charge in [-0.15, -0.1) is 0 Å². The Hall–Kier alpha value is -0.930. The molecule has 1 atom stereocenters. The number of thioether (sulfide) groups is 1. The quantitative estimate of drug-likeness (QED) is 0.805. The van der Waals surface area contributed by atoms with Gasteiger partial charge in [-0.25, -0.2) is 0 Å². The molecule has 3 heteroatoms. The second-order valence-corrected chi connectivity index (χ2v) is 4.82. The zero-order valence-electron chi connectivity index (χ0n) is 9.35. The van der Waals surface area contributed by atoms with Crippen molar-refractivity contribution >= 4 is 22.7 Å². The predicted molar refractivity (Wildman–Crippen MR) is 68.8 cm³/mol. The normalized spacial score (nSPS) is 13.1. The summed E-state index contributed by atoms with van der Waals surface area (Å²) in [6.45, 7) is 0. The van der Waals surface area contributed by atoms with Crippen molar-refractivity contribution in [1.82, 2.24) is 0 Å². The van der Waals surface area contributed by atoms with Crippen molar-refractivity contribution in [1.29, 1.82) is 0 Å². The van der Waals surface area contributed by atoms with Gasteiger partial charge in [-0.1, -0.05) is 18.2 Å². The van der Waals surface area contributed by atoms with Gasteiger partial charge in [-0.3, -0.25) is 0 Å². The summed E-state index contributed by atoms with van der Waals surface area (Å²) in [6, 6.07) is 9.76. The number of benzene rings is 1. The van der Waals surface area contributed by atoms with Gasteiger partial charge in [0, 0.05) is 5.39 Å². The molecule has 2 aromatic rings. The molecule has 0 amide bonds. The molecule has 0 bridgehead atoms. The van der Waals surface area contributed by atoms with Crippen LogP contribution < -0.4 is 0 Å². The van der Waals surface area contributed by atoms with Crippen LogP contribution in [0.3, 0.4) is 0 Å². The number of fused-ring (bicyclic) bond motifs is 1. The van der Waals surface area contributed by atoms with E-state index in [0.29, 0.717) is 5.76 Å². The van der Waals surface area contributed by atoms with Gasteiger partial charge >= 0.3 is 0 Å². The maximum Gasteiger partial charge on any atom is 0.134 e.